The van der Waals surface area contributed by atoms with Gasteiger partial charge in [0.2, 0.25) is 5.91 Å². The number of nitrogens with zero attached hydrogens (tertiary/aromatic N) is 1. The number of carbonyl (C=O) groups excluding carboxylic acids is 1. The first-order valence-corrected chi connectivity index (χ1v) is 13.5. The highest BCUT2D eigenvalue weighted by Gasteiger charge is 2.10. The van der Waals surface area contributed by atoms with E-state index < -0.39 is 18.5 Å². The van der Waals surface area contributed by atoms with Crippen molar-refractivity contribution < 1.29 is 29.3 Å². The van der Waals surface area contributed by atoms with Gasteiger partial charge in [-0.15, -0.1) is 0 Å². The van der Waals surface area contributed by atoms with Crippen LogP contribution in [0.5, 0.6) is 0 Å². The zero-order valence-electron chi connectivity index (χ0n) is 21.5. The van der Waals surface area contributed by atoms with Gasteiger partial charge in [0.25, 0.3) is 0 Å². The standard InChI is InChI=1S/C26H50N2O6/c1-2-3-4-5-6-7-8-9-10-11-12-13-14-15-16-17-24(29)27-18-19-28(22-25(30)31)20-21-34-23-26(32)33/h2-23H2,1H3,(H,27,29)(H,30,31)(H,32,33). The summed E-state index contributed by atoms with van der Waals surface area (Å²) in [5.41, 5.74) is 0. The maximum absolute atomic E-state index is 12.0. The first kappa shape index (κ1) is 32.3. The number of carboxylic acid groups (broad SMARTS) is 2. The van der Waals surface area contributed by atoms with E-state index in [1.54, 1.807) is 4.90 Å². The Morgan fingerprint density at radius 1 is 0.706 bits per heavy atom. The van der Waals surface area contributed by atoms with E-state index in [1.165, 1.54) is 83.5 Å². The highest BCUT2D eigenvalue weighted by Crippen LogP contribution is 2.13. The van der Waals surface area contributed by atoms with Crippen LogP contribution >= 0.6 is 0 Å². The molecular formula is C26H50N2O6. The molecule has 0 aromatic heterocycles. The number of rotatable bonds is 26. The SMILES string of the molecule is CCCCCCCCCCCCCCCCCC(=O)NCCN(CCOCC(=O)O)CC(=O)O. The predicted molar refractivity (Wildman–Crippen MR) is 135 cm³/mol. The number of nitrogens with one attached hydrogen (secondary N) is 1. The second-order valence-electron chi connectivity index (χ2n) is 9.17. The molecule has 0 atom stereocenters. The van der Waals surface area contributed by atoms with Crippen molar-refractivity contribution in [1.29, 1.82) is 0 Å². The summed E-state index contributed by atoms with van der Waals surface area (Å²) >= 11 is 0. The van der Waals surface area contributed by atoms with Gasteiger partial charge in [-0.05, 0) is 6.42 Å². The molecule has 0 heterocycles. The molecule has 0 fully saturated rings. The van der Waals surface area contributed by atoms with E-state index in [1.807, 2.05) is 0 Å². The Kier molecular flexibility index (Phi) is 23.3. The fourth-order valence-corrected chi connectivity index (χ4v) is 3.91. The maximum atomic E-state index is 12.0. The van der Waals surface area contributed by atoms with Crippen molar-refractivity contribution in [3.05, 3.63) is 0 Å². The molecule has 0 bridgehead atoms. The Morgan fingerprint density at radius 2 is 1.21 bits per heavy atom. The van der Waals surface area contributed by atoms with Crippen molar-refractivity contribution in [3.63, 3.8) is 0 Å². The van der Waals surface area contributed by atoms with Gasteiger partial charge >= 0.3 is 11.9 Å². The Bertz CT molecular complexity index is 516. The average molecular weight is 487 g/mol. The third kappa shape index (κ3) is 25.0. The minimum Gasteiger partial charge on any atom is -0.480 e. The van der Waals surface area contributed by atoms with Crippen molar-refractivity contribution in [2.45, 2.75) is 110 Å². The van der Waals surface area contributed by atoms with E-state index in [2.05, 4.69) is 12.2 Å². The molecule has 0 aliphatic rings. The molecule has 0 aromatic rings. The van der Waals surface area contributed by atoms with E-state index in [9.17, 15) is 14.4 Å². The number of ether oxygens (including phenoxy) is 1. The van der Waals surface area contributed by atoms with E-state index in [-0.39, 0.29) is 19.1 Å². The number of aliphatic carboxylic acids is 2. The van der Waals surface area contributed by atoms with E-state index in [0.717, 1.165) is 12.8 Å². The van der Waals surface area contributed by atoms with Gasteiger partial charge in [-0.25, -0.2) is 4.79 Å². The lowest BCUT2D eigenvalue weighted by Gasteiger charge is -2.20. The molecule has 1 amide bonds. The summed E-state index contributed by atoms with van der Waals surface area (Å²) < 4.78 is 4.95. The van der Waals surface area contributed by atoms with Crippen LogP contribution in [0.25, 0.3) is 0 Å². The summed E-state index contributed by atoms with van der Waals surface area (Å²) in [6.45, 7) is 2.86. The average Bonchev–Trinajstić information content (AvgIpc) is 2.78. The Hall–Kier alpha value is -1.67. The van der Waals surface area contributed by atoms with Gasteiger partial charge in [0.05, 0.1) is 13.2 Å². The molecule has 200 valence electrons. The van der Waals surface area contributed by atoms with Crippen LogP contribution in [0.3, 0.4) is 0 Å². The summed E-state index contributed by atoms with van der Waals surface area (Å²) in [6, 6.07) is 0. The molecule has 0 saturated carbocycles. The van der Waals surface area contributed by atoms with Crippen LogP contribution in [0.15, 0.2) is 0 Å². The molecule has 0 radical (unpaired) electrons. The van der Waals surface area contributed by atoms with Crippen LogP contribution in [0.4, 0.5) is 0 Å². The summed E-state index contributed by atoms with van der Waals surface area (Å²) in [4.78, 5) is 35.0. The van der Waals surface area contributed by atoms with Gasteiger partial charge < -0.3 is 20.3 Å². The molecule has 3 N–H and O–H groups in total. The molecule has 0 spiro atoms. The molecule has 0 unspecified atom stereocenters. The molecule has 8 nitrogen and oxygen atoms in total. The van der Waals surface area contributed by atoms with Gasteiger partial charge in [0.15, 0.2) is 0 Å². The second-order valence-corrected chi connectivity index (χ2v) is 9.17. The highest BCUT2D eigenvalue weighted by atomic mass is 16.5. The lowest BCUT2D eigenvalue weighted by molar-refractivity contribution is -0.143. The van der Waals surface area contributed by atoms with Crippen LogP contribution in [0.1, 0.15) is 110 Å². The molecule has 0 rings (SSSR count). The van der Waals surface area contributed by atoms with E-state index >= 15 is 0 Å². The number of hydrogen-bond donors (Lipinski definition) is 3. The Labute approximate surface area is 206 Å². The fraction of sp³-hybridized carbons (Fsp3) is 0.885. The Balaban J connectivity index is 3.54. The van der Waals surface area contributed by atoms with Crippen molar-refractivity contribution >= 4 is 17.8 Å². The fourth-order valence-electron chi connectivity index (χ4n) is 3.91. The van der Waals surface area contributed by atoms with Crippen molar-refractivity contribution in [2.75, 3.05) is 39.4 Å². The predicted octanol–water partition coefficient (Wildman–Crippen LogP) is 4.85. The first-order valence-electron chi connectivity index (χ1n) is 13.5. The van der Waals surface area contributed by atoms with Crippen LogP contribution in [-0.2, 0) is 19.1 Å². The maximum Gasteiger partial charge on any atom is 0.329 e. The highest BCUT2D eigenvalue weighted by molar-refractivity contribution is 5.75. The van der Waals surface area contributed by atoms with Crippen molar-refractivity contribution in [1.82, 2.24) is 10.2 Å². The quantitative estimate of drug-likeness (QED) is 0.150. The van der Waals surface area contributed by atoms with Crippen molar-refractivity contribution in [3.8, 4) is 0 Å². The first-order chi connectivity index (χ1) is 16.5. The zero-order valence-corrected chi connectivity index (χ0v) is 21.5. The van der Waals surface area contributed by atoms with Gasteiger partial charge in [0, 0.05) is 26.1 Å². The monoisotopic (exact) mass is 486 g/mol. The van der Waals surface area contributed by atoms with Gasteiger partial charge in [0.1, 0.15) is 6.61 Å². The lowest BCUT2D eigenvalue weighted by atomic mass is 10.0. The minimum absolute atomic E-state index is 0.00732. The van der Waals surface area contributed by atoms with Gasteiger partial charge in [-0.3, -0.25) is 14.5 Å². The van der Waals surface area contributed by atoms with Gasteiger partial charge in [-0.2, -0.15) is 0 Å². The lowest BCUT2D eigenvalue weighted by Crippen LogP contribution is -2.39. The van der Waals surface area contributed by atoms with Crippen LogP contribution in [0.2, 0.25) is 0 Å². The third-order valence-electron chi connectivity index (χ3n) is 5.89. The number of amides is 1. The molecular weight excluding hydrogens is 436 g/mol. The largest absolute Gasteiger partial charge is 0.480 e. The van der Waals surface area contributed by atoms with Crippen LogP contribution in [0, 0.1) is 0 Å². The van der Waals surface area contributed by atoms with Gasteiger partial charge in [-0.1, -0.05) is 96.8 Å². The number of carboxylic acids is 2. The van der Waals surface area contributed by atoms with Crippen LogP contribution < -0.4 is 5.32 Å². The minimum atomic E-state index is -1.06. The summed E-state index contributed by atoms with van der Waals surface area (Å²) in [5, 5.41) is 20.4. The second kappa shape index (κ2) is 24.5. The number of hydrogen-bond acceptors (Lipinski definition) is 5. The number of carbonyl (C=O) groups is 3. The van der Waals surface area contributed by atoms with E-state index in [4.69, 9.17) is 14.9 Å². The molecule has 0 aliphatic heterocycles. The van der Waals surface area contributed by atoms with E-state index in [0.29, 0.717) is 26.1 Å². The Morgan fingerprint density at radius 3 is 1.68 bits per heavy atom. The molecule has 8 heteroatoms. The topological polar surface area (TPSA) is 116 Å². The summed E-state index contributed by atoms with van der Waals surface area (Å²) in [6.07, 6.45) is 19.9. The summed E-state index contributed by atoms with van der Waals surface area (Å²) in [7, 11) is 0. The molecule has 0 aromatic carbocycles. The van der Waals surface area contributed by atoms with Crippen LogP contribution in [-0.4, -0.2) is 72.4 Å². The molecule has 0 aliphatic carbocycles. The normalized spacial score (nSPS) is 11.1. The van der Waals surface area contributed by atoms with Crippen molar-refractivity contribution in [2.24, 2.45) is 0 Å². The smallest absolute Gasteiger partial charge is 0.329 e. The third-order valence-corrected chi connectivity index (χ3v) is 5.89. The zero-order chi connectivity index (χ0) is 25.3. The summed E-state index contributed by atoms with van der Waals surface area (Å²) in [5.74, 6) is -2.04. The molecule has 0 saturated heterocycles. The number of unbranched alkanes of at least 4 members (excludes halogenated alkanes) is 14. The molecule has 34 heavy (non-hydrogen) atoms.